The van der Waals surface area contributed by atoms with Gasteiger partial charge in [-0.1, -0.05) is 74.4 Å². The van der Waals surface area contributed by atoms with Gasteiger partial charge < -0.3 is 14.8 Å². The Morgan fingerprint density at radius 1 is 1.02 bits per heavy atom. The summed E-state index contributed by atoms with van der Waals surface area (Å²) in [4.78, 5) is 39.0. The van der Waals surface area contributed by atoms with Gasteiger partial charge in [0.2, 0.25) is 11.8 Å². The summed E-state index contributed by atoms with van der Waals surface area (Å²) in [5.74, 6) is -0.279. The molecule has 43 heavy (non-hydrogen) atoms. The third-order valence-corrected chi connectivity index (χ3v) is 9.17. The molecule has 8 heteroatoms. The molecule has 2 aliphatic carbocycles. The minimum Gasteiger partial charge on any atom is -0.469 e. The molecule has 0 aromatic heterocycles. The van der Waals surface area contributed by atoms with Gasteiger partial charge in [-0.25, -0.2) is 5.01 Å². The van der Waals surface area contributed by atoms with E-state index in [2.05, 4.69) is 10.4 Å². The van der Waals surface area contributed by atoms with Gasteiger partial charge in [0.15, 0.2) is 6.61 Å². The third-order valence-electron chi connectivity index (χ3n) is 9.17. The van der Waals surface area contributed by atoms with E-state index in [-0.39, 0.29) is 48.1 Å². The van der Waals surface area contributed by atoms with Crippen molar-refractivity contribution in [3.8, 4) is 0 Å². The average Bonchev–Trinajstić information content (AvgIpc) is 3.68. The Labute approximate surface area is 252 Å². The van der Waals surface area contributed by atoms with Crippen molar-refractivity contribution in [2.24, 2.45) is 16.9 Å². The molecule has 222 valence electrons. The molecule has 1 saturated carbocycles. The lowest BCUT2D eigenvalue weighted by Gasteiger charge is -2.25. The number of hydrogen-bond acceptors (Lipinski definition) is 6. The first kappa shape index (κ1) is 28.6. The Kier molecular flexibility index (Phi) is 8.27. The topological polar surface area (TPSA) is 97.3 Å². The molecular weight excluding hydrogens is 542 g/mol. The highest BCUT2D eigenvalue weighted by atomic mass is 16.5. The summed E-state index contributed by atoms with van der Waals surface area (Å²) >= 11 is 0. The fraction of sp³-hybridized carbons (Fsp3) is 0.371. The molecule has 0 saturated heterocycles. The zero-order valence-corrected chi connectivity index (χ0v) is 24.6. The molecule has 3 unspecified atom stereocenters. The van der Waals surface area contributed by atoms with Crippen LogP contribution in [0.5, 0.6) is 0 Å². The van der Waals surface area contributed by atoms with Gasteiger partial charge in [-0.15, -0.1) is 5.10 Å². The van der Waals surface area contributed by atoms with Crippen LogP contribution in [0.15, 0.2) is 77.9 Å². The zero-order valence-electron chi connectivity index (χ0n) is 24.6. The van der Waals surface area contributed by atoms with Gasteiger partial charge in [-0.2, -0.15) is 0 Å². The van der Waals surface area contributed by atoms with Gasteiger partial charge >= 0.3 is 5.97 Å². The number of nitrogens with one attached hydrogen (secondary N) is 1. The third kappa shape index (κ3) is 5.91. The lowest BCUT2D eigenvalue weighted by molar-refractivity contribution is -0.145. The monoisotopic (exact) mass is 579 g/mol. The van der Waals surface area contributed by atoms with Crippen LogP contribution in [0.25, 0.3) is 0 Å². The summed E-state index contributed by atoms with van der Waals surface area (Å²) in [5, 5.41) is 9.16. The minimum atomic E-state index is -0.296. The highest BCUT2D eigenvalue weighted by Crippen LogP contribution is 2.43. The van der Waals surface area contributed by atoms with Gasteiger partial charge in [0.25, 0.3) is 5.91 Å². The first-order valence-corrected chi connectivity index (χ1v) is 15.1. The second kappa shape index (κ2) is 12.4. The molecule has 1 fully saturated rings. The number of carbonyl (C=O) groups is 3. The molecule has 6 rings (SSSR count). The molecule has 0 spiro atoms. The van der Waals surface area contributed by atoms with Crippen molar-refractivity contribution in [2.45, 2.75) is 57.4 Å². The highest BCUT2D eigenvalue weighted by molar-refractivity contribution is 5.98. The number of rotatable bonds is 8. The van der Waals surface area contributed by atoms with Crippen LogP contribution in [0.1, 0.15) is 72.3 Å². The number of hydrazone groups is 1. The predicted molar refractivity (Wildman–Crippen MR) is 163 cm³/mol. The summed E-state index contributed by atoms with van der Waals surface area (Å²) in [6.07, 6.45) is 4.80. The highest BCUT2D eigenvalue weighted by Gasteiger charge is 2.38. The fourth-order valence-electron chi connectivity index (χ4n) is 6.81. The SMILES string of the molecule is COC(=O)C1Cc2c(NC(=O)C(c3ccc(CN4N=C(c5ccccc5)OCC4=O)cc3)C3CCCC3)cccc2C1C. The minimum absolute atomic E-state index is 0.0253. The van der Waals surface area contributed by atoms with E-state index in [0.717, 1.165) is 59.2 Å². The van der Waals surface area contributed by atoms with Crippen molar-refractivity contribution in [2.75, 3.05) is 19.0 Å². The summed E-state index contributed by atoms with van der Waals surface area (Å²) in [7, 11) is 1.42. The van der Waals surface area contributed by atoms with Crippen molar-refractivity contribution < 1.29 is 23.9 Å². The molecule has 0 bridgehead atoms. The van der Waals surface area contributed by atoms with E-state index < -0.39 is 0 Å². The maximum atomic E-state index is 14.0. The fourth-order valence-corrected chi connectivity index (χ4v) is 6.81. The van der Waals surface area contributed by atoms with E-state index >= 15 is 0 Å². The maximum Gasteiger partial charge on any atom is 0.309 e. The number of carbonyl (C=O) groups excluding carboxylic acids is 3. The Bertz CT molecular complexity index is 1530. The maximum absolute atomic E-state index is 14.0. The van der Waals surface area contributed by atoms with Crippen LogP contribution in [0.2, 0.25) is 0 Å². The van der Waals surface area contributed by atoms with Crippen LogP contribution in [0, 0.1) is 11.8 Å². The van der Waals surface area contributed by atoms with Gasteiger partial charge in [-0.05, 0) is 71.6 Å². The van der Waals surface area contributed by atoms with Crippen LogP contribution < -0.4 is 5.32 Å². The van der Waals surface area contributed by atoms with Crippen LogP contribution in [-0.2, 0) is 36.8 Å². The second-order valence-electron chi connectivity index (χ2n) is 11.8. The summed E-state index contributed by atoms with van der Waals surface area (Å²) in [6, 6.07) is 23.4. The Hall–Kier alpha value is -4.46. The van der Waals surface area contributed by atoms with Gasteiger partial charge in [-0.3, -0.25) is 14.4 Å². The van der Waals surface area contributed by atoms with Crippen molar-refractivity contribution in [3.63, 3.8) is 0 Å². The molecule has 8 nitrogen and oxygen atoms in total. The molecule has 3 aromatic carbocycles. The number of esters is 1. The largest absolute Gasteiger partial charge is 0.469 e. The number of nitrogens with zero attached hydrogens (tertiary/aromatic N) is 2. The normalized spacial score (nSPS) is 20.7. The Balaban J connectivity index is 1.21. The first-order valence-electron chi connectivity index (χ1n) is 15.1. The zero-order chi connectivity index (χ0) is 29.9. The number of ether oxygens (including phenoxy) is 2. The van der Waals surface area contributed by atoms with E-state index in [1.807, 2.05) is 79.7 Å². The molecular formula is C35H37N3O5. The number of methoxy groups -OCH3 is 1. The van der Waals surface area contributed by atoms with Gasteiger partial charge in [0.05, 0.1) is 25.5 Å². The van der Waals surface area contributed by atoms with E-state index in [1.54, 1.807) is 0 Å². The second-order valence-corrected chi connectivity index (χ2v) is 11.8. The van der Waals surface area contributed by atoms with Crippen molar-refractivity contribution in [1.29, 1.82) is 0 Å². The van der Waals surface area contributed by atoms with Gasteiger partial charge in [0, 0.05) is 11.3 Å². The van der Waals surface area contributed by atoms with Crippen LogP contribution in [0.3, 0.4) is 0 Å². The quantitative estimate of drug-likeness (QED) is 0.342. The smallest absolute Gasteiger partial charge is 0.309 e. The van der Waals surface area contributed by atoms with Crippen LogP contribution in [0.4, 0.5) is 5.69 Å². The van der Waals surface area contributed by atoms with E-state index in [0.29, 0.717) is 18.9 Å². The molecule has 3 aromatic rings. The van der Waals surface area contributed by atoms with E-state index in [4.69, 9.17) is 9.47 Å². The van der Waals surface area contributed by atoms with Crippen molar-refractivity contribution >= 4 is 29.4 Å². The average molecular weight is 580 g/mol. The first-order chi connectivity index (χ1) is 20.9. The molecule has 2 amide bonds. The summed E-state index contributed by atoms with van der Waals surface area (Å²) in [5.41, 5.74) is 5.58. The molecule has 3 aliphatic rings. The lowest BCUT2D eigenvalue weighted by Crippen LogP contribution is -2.36. The molecule has 3 atom stereocenters. The molecule has 1 heterocycles. The number of amides is 2. The predicted octanol–water partition coefficient (Wildman–Crippen LogP) is 5.77. The van der Waals surface area contributed by atoms with Crippen molar-refractivity contribution in [3.05, 3.63) is 101 Å². The van der Waals surface area contributed by atoms with E-state index in [1.165, 1.54) is 12.1 Å². The lowest BCUT2D eigenvalue weighted by atomic mass is 9.83. The van der Waals surface area contributed by atoms with Crippen LogP contribution >= 0.6 is 0 Å². The molecule has 0 radical (unpaired) electrons. The van der Waals surface area contributed by atoms with Gasteiger partial charge in [0.1, 0.15) is 0 Å². The van der Waals surface area contributed by atoms with E-state index in [9.17, 15) is 14.4 Å². The number of anilines is 1. The summed E-state index contributed by atoms with van der Waals surface area (Å²) < 4.78 is 10.6. The molecule has 1 aliphatic heterocycles. The number of benzene rings is 3. The summed E-state index contributed by atoms with van der Waals surface area (Å²) in [6.45, 7) is 2.30. The van der Waals surface area contributed by atoms with Crippen LogP contribution in [-0.4, -0.2) is 42.4 Å². The Morgan fingerprint density at radius 2 is 1.77 bits per heavy atom. The Morgan fingerprint density at radius 3 is 2.49 bits per heavy atom. The molecule has 1 N–H and O–H groups in total. The standard InChI is InChI=1S/C35H37N3O5/c1-22-27-13-8-14-30(29(27)19-28(22)35(41)42-2)36-33(40)32(24-9-6-7-10-24)25-17-15-23(16-18-25)20-38-31(39)21-43-34(37-38)26-11-4-3-5-12-26/h3-5,8,11-18,22,24,28,32H,6-7,9-10,19-21H2,1-2H3,(H,36,40). The van der Waals surface area contributed by atoms with Crippen molar-refractivity contribution in [1.82, 2.24) is 5.01 Å². The number of fused-ring (bicyclic) bond motifs is 1. The number of hydrogen-bond donors (Lipinski definition) is 1.